The maximum absolute atomic E-state index is 12.7. The van der Waals surface area contributed by atoms with Crippen LogP contribution in [0.3, 0.4) is 0 Å². The number of hydrogen-bond donors (Lipinski definition) is 0. The van der Waals surface area contributed by atoms with Gasteiger partial charge in [0.15, 0.2) is 0 Å². The molecular formula is C17H30N2O3. The molecule has 0 N–H and O–H groups in total. The highest BCUT2D eigenvalue weighted by Crippen LogP contribution is 2.23. The van der Waals surface area contributed by atoms with E-state index in [2.05, 4.69) is 6.92 Å². The average Bonchev–Trinajstić information content (AvgIpc) is 2.54. The monoisotopic (exact) mass is 310 g/mol. The Labute approximate surface area is 134 Å². The zero-order chi connectivity index (χ0) is 16.1. The highest BCUT2D eigenvalue weighted by atomic mass is 16.5. The van der Waals surface area contributed by atoms with Crippen LogP contribution >= 0.6 is 0 Å². The summed E-state index contributed by atoms with van der Waals surface area (Å²) in [6, 6.07) is 0. The zero-order valence-electron chi connectivity index (χ0n) is 14.2. The van der Waals surface area contributed by atoms with Crippen LogP contribution in [0, 0.1) is 11.8 Å². The van der Waals surface area contributed by atoms with Crippen LogP contribution in [0.25, 0.3) is 0 Å². The van der Waals surface area contributed by atoms with Gasteiger partial charge < -0.3 is 14.5 Å². The molecule has 0 aromatic heterocycles. The van der Waals surface area contributed by atoms with Crippen molar-refractivity contribution in [2.45, 2.75) is 52.6 Å². The number of likely N-dealkylation sites (tertiary alicyclic amines) is 2. The molecule has 0 spiro atoms. The van der Waals surface area contributed by atoms with Crippen LogP contribution in [-0.4, -0.2) is 60.5 Å². The standard InChI is InChI=1S/C17H30N2O3/c1-4-22-14(3)16(20)19-9-5-6-15(12-19)17(21)18-10-7-13(2)8-11-18/h13-15H,4-12H2,1-3H3. The summed E-state index contributed by atoms with van der Waals surface area (Å²) in [4.78, 5) is 28.9. The first kappa shape index (κ1) is 17.3. The van der Waals surface area contributed by atoms with Gasteiger partial charge in [-0.05, 0) is 45.4 Å². The number of carbonyl (C=O) groups excluding carboxylic acids is 2. The maximum Gasteiger partial charge on any atom is 0.251 e. The number of ether oxygens (including phenoxy) is 1. The molecule has 2 unspecified atom stereocenters. The van der Waals surface area contributed by atoms with E-state index < -0.39 is 6.10 Å². The van der Waals surface area contributed by atoms with E-state index in [-0.39, 0.29) is 17.7 Å². The number of rotatable bonds is 4. The fourth-order valence-electron chi connectivity index (χ4n) is 3.44. The van der Waals surface area contributed by atoms with Gasteiger partial charge in [-0.2, -0.15) is 0 Å². The number of amides is 2. The first-order valence-corrected chi connectivity index (χ1v) is 8.72. The van der Waals surface area contributed by atoms with Crippen LogP contribution in [0.1, 0.15) is 46.5 Å². The van der Waals surface area contributed by atoms with Crippen LogP contribution in [0.2, 0.25) is 0 Å². The van der Waals surface area contributed by atoms with E-state index in [0.717, 1.165) is 51.2 Å². The minimum atomic E-state index is -0.408. The summed E-state index contributed by atoms with van der Waals surface area (Å²) in [6.45, 7) is 9.53. The Balaban J connectivity index is 1.89. The molecule has 5 nitrogen and oxygen atoms in total. The first-order valence-electron chi connectivity index (χ1n) is 8.72. The molecule has 2 atom stereocenters. The third-order valence-electron chi connectivity index (χ3n) is 4.94. The highest BCUT2D eigenvalue weighted by molar-refractivity contribution is 5.83. The van der Waals surface area contributed by atoms with Crippen molar-refractivity contribution in [3.8, 4) is 0 Å². The summed E-state index contributed by atoms with van der Waals surface area (Å²) >= 11 is 0. The van der Waals surface area contributed by atoms with Gasteiger partial charge in [-0.25, -0.2) is 0 Å². The van der Waals surface area contributed by atoms with E-state index in [1.165, 1.54) is 0 Å². The Hall–Kier alpha value is -1.10. The third kappa shape index (κ3) is 4.22. The summed E-state index contributed by atoms with van der Waals surface area (Å²) < 4.78 is 5.39. The Bertz CT molecular complexity index is 391. The van der Waals surface area contributed by atoms with Crippen molar-refractivity contribution in [2.24, 2.45) is 11.8 Å². The van der Waals surface area contributed by atoms with Crippen LogP contribution < -0.4 is 0 Å². The predicted molar refractivity (Wildman–Crippen MR) is 85.4 cm³/mol. The average molecular weight is 310 g/mol. The molecule has 0 bridgehead atoms. The molecule has 2 aliphatic heterocycles. The lowest BCUT2D eigenvalue weighted by Gasteiger charge is -2.38. The summed E-state index contributed by atoms with van der Waals surface area (Å²) in [5.74, 6) is 0.959. The van der Waals surface area contributed by atoms with Gasteiger partial charge in [0.25, 0.3) is 5.91 Å². The van der Waals surface area contributed by atoms with E-state index in [1.54, 1.807) is 6.92 Å². The molecule has 2 fully saturated rings. The Kier molecular flexibility index (Phi) is 6.24. The molecule has 126 valence electrons. The molecule has 2 saturated heterocycles. The molecule has 2 heterocycles. The van der Waals surface area contributed by atoms with Crippen LogP contribution in [0.5, 0.6) is 0 Å². The van der Waals surface area contributed by atoms with Crippen LogP contribution in [0.15, 0.2) is 0 Å². The van der Waals surface area contributed by atoms with E-state index in [9.17, 15) is 9.59 Å². The highest BCUT2D eigenvalue weighted by Gasteiger charge is 2.33. The minimum absolute atomic E-state index is 0.0200. The van der Waals surface area contributed by atoms with Gasteiger partial charge in [0.2, 0.25) is 5.91 Å². The maximum atomic E-state index is 12.7. The topological polar surface area (TPSA) is 49.9 Å². The molecule has 5 heteroatoms. The lowest BCUT2D eigenvalue weighted by atomic mass is 9.93. The third-order valence-corrected chi connectivity index (χ3v) is 4.94. The summed E-state index contributed by atoms with van der Waals surface area (Å²) in [6.07, 6.45) is 3.60. The summed E-state index contributed by atoms with van der Waals surface area (Å²) in [5, 5.41) is 0. The molecule has 2 amide bonds. The molecule has 0 aliphatic carbocycles. The van der Waals surface area contributed by atoms with E-state index >= 15 is 0 Å². The quantitative estimate of drug-likeness (QED) is 0.797. The van der Waals surface area contributed by atoms with Crippen molar-refractivity contribution in [2.75, 3.05) is 32.8 Å². The number of piperidine rings is 2. The van der Waals surface area contributed by atoms with Crippen molar-refractivity contribution in [3.05, 3.63) is 0 Å². The normalized spacial score (nSPS) is 25.1. The predicted octanol–water partition coefficient (Wildman–Crippen LogP) is 1.91. The van der Waals surface area contributed by atoms with Crippen molar-refractivity contribution in [1.29, 1.82) is 0 Å². The zero-order valence-corrected chi connectivity index (χ0v) is 14.2. The van der Waals surface area contributed by atoms with Gasteiger partial charge in [0, 0.05) is 32.8 Å². The summed E-state index contributed by atoms with van der Waals surface area (Å²) in [5.41, 5.74) is 0. The number of nitrogens with zero attached hydrogens (tertiary/aromatic N) is 2. The fourth-order valence-corrected chi connectivity index (χ4v) is 3.44. The van der Waals surface area contributed by atoms with Gasteiger partial charge in [0.1, 0.15) is 6.10 Å². The fraction of sp³-hybridized carbons (Fsp3) is 0.882. The van der Waals surface area contributed by atoms with E-state index in [4.69, 9.17) is 4.74 Å². The van der Waals surface area contributed by atoms with Crippen LogP contribution in [-0.2, 0) is 14.3 Å². The van der Waals surface area contributed by atoms with Gasteiger partial charge in [-0.15, -0.1) is 0 Å². The molecule has 22 heavy (non-hydrogen) atoms. The number of hydrogen-bond acceptors (Lipinski definition) is 3. The largest absolute Gasteiger partial charge is 0.369 e. The lowest BCUT2D eigenvalue weighted by molar-refractivity contribution is -0.147. The second-order valence-corrected chi connectivity index (χ2v) is 6.73. The van der Waals surface area contributed by atoms with Crippen LogP contribution in [0.4, 0.5) is 0 Å². The van der Waals surface area contributed by atoms with Crippen molar-refractivity contribution >= 4 is 11.8 Å². The molecule has 0 saturated carbocycles. The lowest BCUT2D eigenvalue weighted by Crippen LogP contribution is -2.50. The van der Waals surface area contributed by atoms with Crippen molar-refractivity contribution in [1.82, 2.24) is 9.80 Å². The van der Waals surface area contributed by atoms with Crippen molar-refractivity contribution < 1.29 is 14.3 Å². The Morgan fingerprint density at radius 2 is 1.82 bits per heavy atom. The first-order chi connectivity index (χ1) is 10.5. The minimum Gasteiger partial charge on any atom is -0.369 e. The van der Waals surface area contributed by atoms with Gasteiger partial charge >= 0.3 is 0 Å². The van der Waals surface area contributed by atoms with Gasteiger partial charge in [-0.1, -0.05) is 6.92 Å². The second kappa shape index (κ2) is 7.95. The Morgan fingerprint density at radius 1 is 1.14 bits per heavy atom. The molecule has 0 aromatic rings. The van der Waals surface area contributed by atoms with E-state index in [0.29, 0.717) is 13.2 Å². The summed E-state index contributed by atoms with van der Waals surface area (Å²) in [7, 11) is 0. The van der Waals surface area contributed by atoms with Gasteiger partial charge in [-0.3, -0.25) is 9.59 Å². The smallest absolute Gasteiger partial charge is 0.251 e. The molecule has 0 aromatic carbocycles. The molecule has 0 radical (unpaired) electrons. The molecule has 2 rings (SSSR count). The second-order valence-electron chi connectivity index (χ2n) is 6.73. The molecule has 2 aliphatic rings. The molecular weight excluding hydrogens is 280 g/mol. The Morgan fingerprint density at radius 3 is 2.45 bits per heavy atom. The van der Waals surface area contributed by atoms with Gasteiger partial charge in [0.05, 0.1) is 5.92 Å². The van der Waals surface area contributed by atoms with Crippen molar-refractivity contribution in [3.63, 3.8) is 0 Å². The van der Waals surface area contributed by atoms with E-state index in [1.807, 2.05) is 16.7 Å². The SMILES string of the molecule is CCOC(C)C(=O)N1CCCC(C(=O)N2CCC(C)CC2)C1. The number of carbonyl (C=O) groups is 2.